The normalized spacial score (nSPS) is 11.3. The average Bonchev–Trinajstić information content (AvgIpc) is 3.10. The van der Waals surface area contributed by atoms with Crippen LogP contribution < -0.4 is 5.32 Å². The van der Waals surface area contributed by atoms with Crippen LogP contribution in [0.1, 0.15) is 11.1 Å². The molecule has 10 nitrogen and oxygen atoms in total. The number of hydrogen-bond donors (Lipinski definition) is 1. The van der Waals surface area contributed by atoms with E-state index < -0.39 is 20.5 Å². The van der Waals surface area contributed by atoms with Crippen LogP contribution in [0.15, 0.2) is 53.2 Å². The van der Waals surface area contributed by atoms with Gasteiger partial charge in [-0.25, -0.2) is 13.6 Å². The molecule has 2 heterocycles. The van der Waals surface area contributed by atoms with Gasteiger partial charge in [-0.2, -0.15) is 14.6 Å². The number of nitro groups is 1. The molecule has 0 radical (unpaired) electrons. The summed E-state index contributed by atoms with van der Waals surface area (Å²) in [6.07, 6.45) is 5.89. The highest BCUT2D eigenvalue weighted by atomic mass is 32.2. The number of non-ortho nitro benzene ring substituents is 1. The summed E-state index contributed by atoms with van der Waals surface area (Å²) in [7, 11) is -2.52. The lowest BCUT2D eigenvalue weighted by Crippen LogP contribution is -2.05. The number of fused-ring (bicyclic) bond motifs is 1. The van der Waals surface area contributed by atoms with Gasteiger partial charge >= 0.3 is 0 Å². The third kappa shape index (κ3) is 4.55. The molecule has 0 aliphatic carbocycles. The molecule has 2 aromatic heterocycles. The van der Waals surface area contributed by atoms with Crippen molar-refractivity contribution in [2.45, 2.75) is 6.92 Å². The Labute approximate surface area is 194 Å². The minimum Gasteiger partial charge on any atom is -0.324 e. The second kappa shape index (κ2) is 8.53. The number of aromatic nitrogens is 3. The van der Waals surface area contributed by atoms with Gasteiger partial charge in [-0.3, -0.25) is 14.7 Å². The quantitative estimate of drug-likeness (QED) is 0.322. The minimum absolute atomic E-state index is 0.0228. The molecule has 0 spiro atoms. The predicted molar refractivity (Wildman–Crippen MR) is 127 cm³/mol. The van der Waals surface area contributed by atoms with Crippen LogP contribution in [0.5, 0.6) is 0 Å². The first-order valence-corrected chi connectivity index (χ1v) is 12.2. The molecule has 0 aliphatic rings. The van der Waals surface area contributed by atoms with Crippen LogP contribution in [0.4, 0.5) is 27.4 Å². The molecule has 0 fully saturated rings. The summed E-state index contributed by atoms with van der Waals surface area (Å²) >= 11 is 0. The molecule has 0 atom stereocenters. The maximum atomic E-state index is 14.4. The summed E-state index contributed by atoms with van der Waals surface area (Å²) in [4.78, 5) is 19.2. The third-order valence-corrected chi connectivity index (χ3v) is 5.47. The molecule has 0 unspecified atom stereocenters. The second-order valence-electron chi connectivity index (χ2n) is 7.75. The van der Waals surface area contributed by atoms with Gasteiger partial charge < -0.3 is 5.32 Å². The van der Waals surface area contributed by atoms with E-state index in [1.165, 1.54) is 43.0 Å². The molecule has 0 amide bonds. The summed E-state index contributed by atoms with van der Waals surface area (Å²) in [6.45, 7) is 1.80. The Balaban J connectivity index is 1.76. The molecule has 1 N–H and O–H groups in total. The lowest BCUT2D eigenvalue weighted by molar-refractivity contribution is -0.384. The average molecular weight is 479 g/mol. The standard InChI is InChI=1S/C22H18FN7O3S/c1-13-12-29(20-7-5-16(30(31)32)9-17(13)20)21-14(10-24)11-25-22(27-21)26-15-4-6-19(18(23)8-15)28-34(2,3)33/h4-9,11-12H,1-3H3,(H,25,26,27). The summed E-state index contributed by atoms with van der Waals surface area (Å²) in [5.41, 5.74) is 1.84. The van der Waals surface area contributed by atoms with Gasteiger partial charge in [0, 0.05) is 51.6 Å². The van der Waals surface area contributed by atoms with Gasteiger partial charge in [-0.1, -0.05) is 0 Å². The summed E-state index contributed by atoms with van der Waals surface area (Å²) < 4.78 is 31.8. The second-order valence-corrected chi connectivity index (χ2v) is 10.3. The lowest BCUT2D eigenvalue weighted by Gasteiger charge is -2.10. The van der Waals surface area contributed by atoms with Crippen LogP contribution in [0, 0.1) is 34.2 Å². The number of halogens is 1. The number of anilines is 2. The van der Waals surface area contributed by atoms with Crippen LogP contribution in [0.25, 0.3) is 16.7 Å². The van der Waals surface area contributed by atoms with Gasteiger partial charge in [0.1, 0.15) is 17.3 Å². The summed E-state index contributed by atoms with van der Waals surface area (Å²) in [6, 6.07) is 10.6. The van der Waals surface area contributed by atoms with E-state index in [2.05, 4.69) is 19.6 Å². The molecular formula is C22H18FN7O3S. The number of nitrogens with one attached hydrogen (secondary N) is 1. The molecule has 4 rings (SSSR count). The minimum atomic E-state index is -2.52. The summed E-state index contributed by atoms with van der Waals surface area (Å²) in [5.74, 6) is -0.297. The van der Waals surface area contributed by atoms with E-state index in [1.807, 2.05) is 6.07 Å². The summed E-state index contributed by atoms with van der Waals surface area (Å²) in [5, 5.41) is 24.3. The Morgan fingerprint density at radius 3 is 2.68 bits per heavy atom. The van der Waals surface area contributed by atoms with Crippen molar-refractivity contribution in [2.24, 2.45) is 4.36 Å². The Morgan fingerprint density at radius 1 is 1.26 bits per heavy atom. The van der Waals surface area contributed by atoms with Crippen LogP contribution in [-0.2, 0) is 9.73 Å². The van der Waals surface area contributed by atoms with E-state index in [4.69, 9.17) is 0 Å². The number of benzene rings is 2. The molecule has 0 aliphatic heterocycles. The molecule has 2 aromatic carbocycles. The van der Waals surface area contributed by atoms with Crippen LogP contribution in [0.2, 0.25) is 0 Å². The molecule has 0 saturated heterocycles. The first kappa shape index (κ1) is 22.8. The Morgan fingerprint density at radius 2 is 2.03 bits per heavy atom. The lowest BCUT2D eigenvalue weighted by atomic mass is 10.2. The fraction of sp³-hybridized carbons (Fsp3) is 0.136. The molecular weight excluding hydrogens is 461 g/mol. The van der Waals surface area contributed by atoms with Crippen molar-refractivity contribution in [1.82, 2.24) is 14.5 Å². The van der Waals surface area contributed by atoms with E-state index >= 15 is 0 Å². The number of nitrogens with zero attached hydrogens (tertiary/aromatic N) is 6. The first-order valence-electron chi connectivity index (χ1n) is 9.83. The SMILES string of the molecule is Cc1cn(-c2nc(Nc3ccc(N=S(C)(C)=O)c(F)c3)ncc2C#N)c2ccc([N+](=O)[O-])cc12. The predicted octanol–water partition coefficient (Wildman–Crippen LogP) is 4.75. The van der Waals surface area contributed by atoms with Gasteiger partial charge in [0.05, 0.1) is 16.6 Å². The molecule has 172 valence electrons. The van der Waals surface area contributed by atoms with E-state index in [0.717, 1.165) is 5.56 Å². The number of hydrogen-bond acceptors (Lipinski definition) is 8. The van der Waals surface area contributed by atoms with E-state index in [1.54, 1.807) is 29.8 Å². The number of nitro benzene ring substituents is 1. The Hall–Kier alpha value is -4.37. The number of aryl methyl sites for hydroxylation is 1. The Kier molecular flexibility index (Phi) is 5.72. The third-order valence-electron chi connectivity index (χ3n) is 4.84. The van der Waals surface area contributed by atoms with Crippen molar-refractivity contribution in [3.8, 4) is 11.9 Å². The largest absolute Gasteiger partial charge is 0.324 e. The molecule has 34 heavy (non-hydrogen) atoms. The van der Waals surface area contributed by atoms with Crippen molar-refractivity contribution in [3.63, 3.8) is 0 Å². The molecule has 12 heteroatoms. The fourth-order valence-corrected chi connectivity index (χ4v) is 4.01. The highest BCUT2D eigenvalue weighted by Gasteiger charge is 2.17. The monoisotopic (exact) mass is 479 g/mol. The molecule has 0 bridgehead atoms. The van der Waals surface area contributed by atoms with E-state index in [-0.39, 0.29) is 28.7 Å². The molecule has 4 aromatic rings. The fourth-order valence-electron chi connectivity index (χ4n) is 3.39. The maximum Gasteiger partial charge on any atom is 0.270 e. The van der Waals surface area contributed by atoms with Crippen molar-refractivity contribution in [1.29, 1.82) is 5.26 Å². The van der Waals surface area contributed by atoms with Gasteiger partial charge in [-0.15, -0.1) is 0 Å². The smallest absolute Gasteiger partial charge is 0.270 e. The highest BCUT2D eigenvalue weighted by molar-refractivity contribution is 7.92. The van der Waals surface area contributed by atoms with E-state index in [9.17, 15) is 24.0 Å². The zero-order valence-corrected chi connectivity index (χ0v) is 19.1. The zero-order valence-electron chi connectivity index (χ0n) is 18.3. The maximum absolute atomic E-state index is 14.4. The van der Waals surface area contributed by atoms with Crippen molar-refractivity contribution in [3.05, 3.63) is 75.9 Å². The van der Waals surface area contributed by atoms with Gasteiger partial charge in [0.25, 0.3) is 5.69 Å². The first-order chi connectivity index (χ1) is 16.1. The van der Waals surface area contributed by atoms with Gasteiger partial charge in [0.2, 0.25) is 5.95 Å². The van der Waals surface area contributed by atoms with Crippen LogP contribution in [-0.4, -0.2) is 36.2 Å². The van der Waals surface area contributed by atoms with Crippen LogP contribution in [0.3, 0.4) is 0 Å². The number of nitriles is 1. The van der Waals surface area contributed by atoms with Gasteiger partial charge in [-0.05, 0) is 36.8 Å². The van der Waals surface area contributed by atoms with Crippen molar-refractivity contribution in [2.75, 3.05) is 17.8 Å². The number of rotatable bonds is 5. The topological polar surface area (TPSA) is 139 Å². The van der Waals surface area contributed by atoms with E-state index in [0.29, 0.717) is 16.6 Å². The molecule has 0 saturated carbocycles. The van der Waals surface area contributed by atoms with Gasteiger partial charge in [0.15, 0.2) is 11.6 Å². The van der Waals surface area contributed by atoms with Crippen molar-refractivity contribution >= 4 is 43.6 Å². The Bertz CT molecular complexity index is 1620. The van der Waals surface area contributed by atoms with Crippen molar-refractivity contribution < 1.29 is 13.5 Å². The van der Waals surface area contributed by atoms with Crippen LogP contribution >= 0.6 is 0 Å². The highest BCUT2D eigenvalue weighted by Crippen LogP contribution is 2.29. The zero-order chi connectivity index (χ0) is 24.6.